The van der Waals surface area contributed by atoms with Gasteiger partial charge in [-0.25, -0.2) is 9.37 Å². The number of aryl methyl sites for hydroxylation is 1. The molecule has 1 aliphatic heterocycles. The minimum atomic E-state index is -0.490. The van der Waals surface area contributed by atoms with E-state index in [0.29, 0.717) is 23.6 Å². The van der Waals surface area contributed by atoms with Crippen LogP contribution in [0.1, 0.15) is 11.4 Å². The number of hydrogen-bond acceptors (Lipinski definition) is 5. The Hall–Kier alpha value is -2.77. The number of hydrogen-bond donors (Lipinski definition) is 2. The molecule has 0 saturated carbocycles. The summed E-state index contributed by atoms with van der Waals surface area (Å²) in [6.45, 7) is 5.77. The lowest BCUT2D eigenvalue weighted by Crippen LogP contribution is -2.44. The topological polar surface area (TPSA) is 70.4 Å². The van der Waals surface area contributed by atoms with Gasteiger partial charge in [-0.3, -0.25) is 14.3 Å². The van der Waals surface area contributed by atoms with Gasteiger partial charge in [-0.1, -0.05) is 6.07 Å². The first-order valence-electron chi connectivity index (χ1n) is 8.97. The smallest absolute Gasteiger partial charge is 0.266 e. The minimum Gasteiger partial charge on any atom is -0.506 e. The Morgan fingerprint density at radius 1 is 1.19 bits per heavy atom. The van der Waals surface area contributed by atoms with Gasteiger partial charge < -0.3 is 10.4 Å². The van der Waals surface area contributed by atoms with E-state index in [4.69, 9.17) is 0 Å². The zero-order chi connectivity index (χ0) is 19.0. The monoisotopic (exact) mass is 368 g/mol. The fraction of sp³-hybridized carbons (Fsp3) is 0.300. The second-order valence-corrected chi connectivity index (χ2v) is 6.85. The molecule has 0 aliphatic carbocycles. The molecule has 1 aromatic heterocycles. The Bertz CT molecular complexity index is 1060. The average Bonchev–Trinajstić information content (AvgIpc) is 2.65. The molecule has 4 rings (SSSR count). The molecule has 2 heterocycles. The Morgan fingerprint density at radius 2 is 1.96 bits per heavy atom. The fourth-order valence-corrected chi connectivity index (χ4v) is 3.45. The van der Waals surface area contributed by atoms with Gasteiger partial charge in [0.1, 0.15) is 17.4 Å². The molecule has 0 amide bonds. The molecule has 6 nitrogen and oxygen atoms in total. The van der Waals surface area contributed by atoms with E-state index in [2.05, 4.69) is 15.2 Å². The minimum absolute atomic E-state index is 0.00351. The highest BCUT2D eigenvalue weighted by molar-refractivity contribution is 5.78. The summed E-state index contributed by atoms with van der Waals surface area (Å²) >= 11 is 0. The third-order valence-corrected chi connectivity index (χ3v) is 4.85. The van der Waals surface area contributed by atoms with Crippen LogP contribution in [0.3, 0.4) is 0 Å². The lowest BCUT2D eigenvalue weighted by molar-refractivity contribution is 0.226. The van der Waals surface area contributed by atoms with Crippen molar-refractivity contribution < 1.29 is 9.50 Å². The van der Waals surface area contributed by atoms with E-state index in [1.54, 1.807) is 12.1 Å². The Morgan fingerprint density at radius 3 is 2.70 bits per heavy atom. The van der Waals surface area contributed by atoms with Gasteiger partial charge in [-0.05, 0) is 42.8 Å². The highest BCUT2D eigenvalue weighted by atomic mass is 19.1. The number of phenolic OH excluding ortho intramolecular Hbond substituents is 1. The molecular formula is C20H21FN4O2. The predicted octanol–water partition coefficient (Wildman–Crippen LogP) is 1.94. The molecule has 0 atom stereocenters. The third kappa shape index (κ3) is 3.43. The third-order valence-electron chi connectivity index (χ3n) is 4.85. The molecule has 0 bridgehead atoms. The van der Waals surface area contributed by atoms with Crippen molar-refractivity contribution in [2.45, 2.75) is 13.5 Å². The number of nitrogens with zero attached hydrogens (tertiary/aromatic N) is 3. The lowest BCUT2D eigenvalue weighted by Gasteiger charge is -2.28. The largest absolute Gasteiger partial charge is 0.506 e. The second-order valence-electron chi connectivity index (χ2n) is 6.85. The molecule has 2 aromatic carbocycles. The van der Waals surface area contributed by atoms with Gasteiger partial charge in [-0.2, -0.15) is 0 Å². The van der Waals surface area contributed by atoms with E-state index < -0.39 is 5.82 Å². The van der Waals surface area contributed by atoms with Gasteiger partial charge in [0.25, 0.3) is 5.56 Å². The predicted molar refractivity (Wildman–Crippen MR) is 102 cm³/mol. The van der Waals surface area contributed by atoms with Crippen molar-refractivity contribution in [3.8, 4) is 11.4 Å². The number of phenols is 1. The lowest BCUT2D eigenvalue weighted by atomic mass is 10.2. The molecule has 1 saturated heterocycles. The zero-order valence-electron chi connectivity index (χ0n) is 15.1. The van der Waals surface area contributed by atoms with Crippen LogP contribution in [0.4, 0.5) is 4.39 Å². The van der Waals surface area contributed by atoms with Crippen LogP contribution in [-0.2, 0) is 6.54 Å². The quantitative estimate of drug-likeness (QED) is 0.739. The van der Waals surface area contributed by atoms with Crippen LogP contribution in [0.2, 0.25) is 0 Å². The van der Waals surface area contributed by atoms with Gasteiger partial charge >= 0.3 is 0 Å². The molecule has 2 N–H and O–H groups in total. The van der Waals surface area contributed by atoms with Gasteiger partial charge in [-0.15, -0.1) is 0 Å². The number of halogens is 1. The Labute approximate surface area is 155 Å². The first-order chi connectivity index (χ1) is 13.0. The van der Waals surface area contributed by atoms with Crippen LogP contribution in [0.5, 0.6) is 5.75 Å². The molecule has 0 radical (unpaired) electrons. The SMILES string of the molecule is Cc1ccc(-n2c(CN3CCNCC3)nc3ccc(F)cc3c2=O)c(O)c1. The number of nitrogens with one attached hydrogen (secondary N) is 1. The fourth-order valence-electron chi connectivity index (χ4n) is 3.45. The van der Waals surface area contributed by atoms with Crippen LogP contribution >= 0.6 is 0 Å². The van der Waals surface area contributed by atoms with E-state index in [1.165, 1.54) is 22.8 Å². The summed E-state index contributed by atoms with van der Waals surface area (Å²) in [5.74, 6) is 0.0345. The van der Waals surface area contributed by atoms with Crippen LogP contribution in [0.15, 0.2) is 41.2 Å². The Balaban J connectivity index is 1.93. The normalized spacial score (nSPS) is 15.3. The molecule has 1 aliphatic rings. The highest BCUT2D eigenvalue weighted by Gasteiger charge is 2.19. The van der Waals surface area contributed by atoms with E-state index in [0.717, 1.165) is 31.7 Å². The van der Waals surface area contributed by atoms with Crippen LogP contribution < -0.4 is 10.9 Å². The molecule has 0 spiro atoms. The molecular weight excluding hydrogens is 347 g/mol. The molecule has 3 aromatic rings. The molecule has 140 valence electrons. The summed E-state index contributed by atoms with van der Waals surface area (Å²) in [6, 6.07) is 9.14. The van der Waals surface area contributed by atoms with Crippen LogP contribution in [0, 0.1) is 12.7 Å². The molecule has 7 heteroatoms. The maximum absolute atomic E-state index is 13.7. The van der Waals surface area contributed by atoms with Gasteiger partial charge in [0.05, 0.1) is 23.1 Å². The number of piperazine rings is 1. The Kier molecular flexibility index (Phi) is 4.63. The summed E-state index contributed by atoms with van der Waals surface area (Å²) in [5, 5.41) is 13.9. The van der Waals surface area contributed by atoms with E-state index >= 15 is 0 Å². The summed E-state index contributed by atoms with van der Waals surface area (Å²) in [6.07, 6.45) is 0. The summed E-state index contributed by atoms with van der Waals surface area (Å²) in [4.78, 5) is 20.0. The second kappa shape index (κ2) is 7.09. The average molecular weight is 368 g/mol. The number of rotatable bonds is 3. The number of aromatic nitrogens is 2. The number of benzene rings is 2. The summed E-state index contributed by atoms with van der Waals surface area (Å²) in [7, 11) is 0. The van der Waals surface area contributed by atoms with Crippen molar-refractivity contribution in [2.75, 3.05) is 26.2 Å². The summed E-state index contributed by atoms with van der Waals surface area (Å²) < 4.78 is 15.1. The van der Waals surface area contributed by atoms with Gasteiger partial charge in [0.2, 0.25) is 0 Å². The van der Waals surface area contributed by atoms with Crippen molar-refractivity contribution in [1.82, 2.24) is 19.8 Å². The first-order valence-corrected chi connectivity index (χ1v) is 8.97. The number of aromatic hydroxyl groups is 1. The standard InChI is InChI=1S/C20H21FN4O2/c1-13-2-5-17(18(26)10-13)25-19(12-24-8-6-22-7-9-24)23-16-4-3-14(21)11-15(16)20(25)27/h2-5,10-11,22,26H,6-9,12H2,1H3. The van der Waals surface area contributed by atoms with E-state index in [1.807, 2.05) is 13.0 Å². The van der Waals surface area contributed by atoms with Crippen molar-refractivity contribution in [3.63, 3.8) is 0 Å². The maximum atomic E-state index is 13.7. The molecule has 0 unspecified atom stereocenters. The van der Waals surface area contributed by atoms with Crippen LogP contribution in [-0.4, -0.2) is 45.7 Å². The van der Waals surface area contributed by atoms with Crippen LogP contribution in [0.25, 0.3) is 16.6 Å². The maximum Gasteiger partial charge on any atom is 0.266 e. The van der Waals surface area contributed by atoms with Crippen molar-refractivity contribution in [1.29, 1.82) is 0 Å². The van der Waals surface area contributed by atoms with Gasteiger partial charge in [0, 0.05) is 26.2 Å². The number of fused-ring (bicyclic) bond motifs is 1. The van der Waals surface area contributed by atoms with Crippen molar-refractivity contribution >= 4 is 10.9 Å². The van der Waals surface area contributed by atoms with Crippen molar-refractivity contribution in [2.24, 2.45) is 0 Å². The van der Waals surface area contributed by atoms with Gasteiger partial charge in [0.15, 0.2) is 0 Å². The highest BCUT2D eigenvalue weighted by Crippen LogP contribution is 2.24. The summed E-state index contributed by atoms with van der Waals surface area (Å²) in [5.41, 5.74) is 1.31. The first kappa shape index (κ1) is 17.6. The van der Waals surface area contributed by atoms with E-state index in [-0.39, 0.29) is 16.7 Å². The molecule has 1 fully saturated rings. The van der Waals surface area contributed by atoms with Crippen molar-refractivity contribution in [3.05, 3.63) is 64.0 Å². The zero-order valence-corrected chi connectivity index (χ0v) is 15.1. The molecule has 27 heavy (non-hydrogen) atoms. The van der Waals surface area contributed by atoms with E-state index in [9.17, 15) is 14.3 Å².